The molecule has 10 heteroatoms. The number of halogens is 2. The average Bonchev–Trinajstić information content (AvgIpc) is 3.33. The van der Waals surface area contributed by atoms with Crippen LogP contribution in [0.3, 0.4) is 0 Å². The van der Waals surface area contributed by atoms with E-state index in [2.05, 4.69) is 20.7 Å². The standard InChI is InChI=1S/C21H17Cl2N5O2S/c1-12-2-7-15(10-17(12)23)25-20(30)19(29)24-9-8-16-11-31-21-26-18(27-28(16)21)13-3-5-14(22)6-4-13/h2-7,10-11H,8-9H2,1H3,(H,24,29)(H,25,30). The van der Waals surface area contributed by atoms with Gasteiger partial charge in [-0.3, -0.25) is 9.59 Å². The lowest BCUT2D eigenvalue weighted by Crippen LogP contribution is -2.36. The molecule has 2 heterocycles. The fourth-order valence-corrected chi connectivity index (χ4v) is 4.02. The van der Waals surface area contributed by atoms with Crippen molar-refractivity contribution in [1.82, 2.24) is 19.9 Å². The first kappa shape index (κ1) is 21.3. The van der Waals surface area contributed by atoms with Crippen LogP contribution in [0.2, 0.25) is 10.0 Å². The van der Waals surface area contributed by atoms with E-state index < -0.39 is 11.8 Å². The van der Waals surface area contributed by atoms with Crippen LogP contribution in [0.1, 0.15) is 11.3 Å². The lowest BCUT2D eigenvalue weighted by molar-refractivity contribution is -0.136. The smallest absolute Gasteiger partial charge is 0.313 e. The minimum absolute atomic E-state index is 0.281. The molecule has 0 saturated heterocycles. The number of benzene rings is 2. The first-order valence-corrected chi connectivity index (χ1v) is 11.0. The molecule has 0 atom stereocenters. The van der Waals surface area contributed by atoms with Crippen LogP contribution in [0.5, 0.6) is 0 Å². The van der Waals surface area contributed by atoms with Gasteiger partial charge in [-0.1, -0.05) is 29.3 Å². The van der Waals surface area contributed by atoms with Gasteiger partial charge in [0.05, 0.1) is 5.69 Å². The van der Waals surface area contributed by atoms with E-state index in [-0.39, 0.29) is 6.54 Å². The number of nitrogens with one attached hydrogen (secondary N) is 2. The minimum Gasteiger partial charge on any atom is -0.347 e. The van der Waals surface area contributed by atoms with Crippen molar-refractivity contribution in [3.05, 3.63) is 69.1 Å². The molecule has 158 valence electrons. The minimum atomic E-state index is -0.749. The molecule has 0 aliphatic rings. The Bertz CT molecular complexity index is 1270. The molecule has 0 spiro atoms. The van der Waals surface area contributed by atoms with E-state index in [4.69, 9.17) is 23.2 Å². The molecule has 0 radical (unpaired) electrons. The summed E-state index contributed by atoms with van der Waals surface area (Å²) < 4.78 is 1.75. The number of carbonyl (C=O) groups is 2. The molecule has 0 aliphatic carbocycles. The molecular weight excluding hydrogens is 457 g/mol. The molecule has 4 rings (SSSR count). The van der Waals surface area contributed by atoms with Gasteiger partial charge in [-0.15, -0.1) is 16.4 Å². The summed E-state index contributed by atoms with van der Waals surface area (Å²) in [7, 11) is 0. The first-order chi connectivity index (χ1) is 14.9. The summed E-state index contributed by atoms with van der Waals surface area (Å²) in [6, 6.07) is 12.4. The number of fused-ring (bicyclic) bond motifs is 1. The SMILES string of the molecule is Cc1ccc(NC(=O)C(=O)NCCc2csc3nc(-c4ccc(Cl)cc4)nn23)cc1Cl. The van der Waals surface area contributed by atoms with E-state index in [0.717, 1.165) is 21.8 Å². The van der Waals surface area contributed by atoms with E-state index >= 15 is 0 Å². The van der Waals surface area contributed by atoms with E-state index in [1.807, 2.05) is 24.4 Å². The van der Waals surface area contributed by atoms with Crippen LogP contribution in [-0.2, 0) is 16.0 Å². The van der Waals surface area contributed by atoms with Gasteiger partial charge in [-0.25, -0.2) is 4.52 Å². The van der Waals surface area contributed by atoms with Crippen molar-refractivity contribution >= 4 is 57.0 Å². The maximum atomic E-state index is 12.1. The Labute approximate surface area is 192 Å². The van der Waals surface area contributed by atoms with Gasteiger partial charge in [0.2, 0.25) is 4.96 Å². The van der Waals surface area contributed by atoms with Crippen molar-refractivity contribution in [3.63, 3.8) is 0 Å². The summed E-state index contributed by atoms with van der Waals surface area (Å²) in [5.74, 6) is -0.866. The highest BCUT2D eigenvalue weighted by atomic mass is 35.5. The Balaban J connectivity index is 1.35. The van der Waals surface area contributed by atoms with E-state index in [0.29, 0.717) is 28.0 Å². The van der Waals surface area contributed by atoms with E-state index in [1.165, 1.54) is 11.3 Å². The molecule has 0 saturated carbocycles. The predicted molar refractivity (Wildman–Crippen MR) is 123 cm³/mol. The van der Waals surface area contributed by atoms with Gasteiger partial charge < -0.3 is 10.6 Å². The van der Waals surface area contributed by atoms with Crippen LogP contribution in [0, 0.1) is 6.92 Å². The lowest BCUT2D eigenvalue weighted by Gasteiger charge is -2.07. The number of thiazole rings is 1. The molecule has 0 fully saturated rings. The Kier molecular flexibility index (Phi) is 6.22. The zero-order valence-electron chi connectivity index (χ0n) is 16.4. The summed E-state index contributed by atoms with van der Waals surface area (Å²) in [6.45, 7) is 2.14. The average molecular weight is 474 g/mol. The van der Waals surface area contributed by atoms with Crippen molar-refractivity contribution < 1.29 is 9.59 Å². The third-order valence-corrected chi connectivity index (χ3v) is 6.08. The number of hydrogen-bond acceptors (Lipinski definition) is 5. The zero-order chi connectivity index (χ0) is 22.0. The zero-order valence-corrected chi connectivity index (χ0v) is 18.7. The molecule has 2 amide bonds. The summed E-state index contributed by atoms with van der Waals surface area (Å²) in [5, 5.41) is 12.8. The maximum absolute atomic E-state index is 12.1. The number of aryl methyl sites for hydroxylation is 1. The monoisotopic (exact) mass is 473 g/mol. The van der Waals surface area contributed by atoms with Crippen LogP contribution < -0.4 is 10.6 Å². The van der Waals surface area contributed by atoms with Gasteiger partial charge in [0, 0.05) is 39.6 Å². The number of anilines is 1. The number of aromatic nitrogens is 3. The molecule has 4 aromatic rings. The summed E-state index contributed by atoms with van der Waals surface area (Å²) in [4.78, 5) is 29.5. The van der Waals surface area contributed by atoms with Gasteiger partial charge in [0.15, 0.2) is 5.82 Å². The van der Waals surface area contributed by atoms with E-state index in [9.17, 15) is 9.59 Å². The molecule has 31 heavy (non-hydrogen) atoms. The summed E-state index contributed by atoms with van der Waals surface area (Å²) >= 11 is 13.4. The molecule has 2 aromatic carbocycles. The largest absolute Gasteiger partial charge is 0.347 e. The van der Waals surface area contributed by atoms with Crippen molar-refractivity contribution in [2.24, 2.45) is 0 Å². The number of hydrogen-bond donors (Lipinski definition) is 2. The van der Waals surface area contributed by atoms with E-state index in [1.54, 1.807) is 34.8 Å². The highest BCUT2D eigenvalue weighted by Gasteiger charge is 2.15. The Morgan fingerprint density at radius 3 is 2.61 bits per heavy atom. The normalized spacial score (nSPS) is 10.9. The van der Waals surface area contributed by atoms with Crippen LogP contribution in [0.15, 0.2) is 47.8 Å². The maximum Gasteiger partial charge on any atom is 0.313 e. The van der Waals surface area contributed by atoms with Gasteiger partial charge >= 0.3 is 11.8 Å². The molecule has 2 N–H and O–H groups in total. The van der Waals surface area contributed by atoms with Crippen molar-refractivity contribution in [3.8, 4) is 11.4 Å². The summed E-state index contributed by atoms with van der Waals surface area (Å²) in [6.07, 6.45) is 0.499. The van der Waals surface area contributed by atoms with Crippen LogP contribution in [-0.4, -0.2) is 33.0 Å². The number of nitrogens with zero attached hydrogens (tertiary/aromatic N) is 3. The van der Waals surface area contributed by atoms with Crippen molar-refractivity contribution in [1.29, 1.82) is 0 Å². The highest BCUT2D eigenvalue weighted by molar-refractivity contribution is 7.15. The van der Waals surface area contributed by atoms with Gasteiger partial charge in [0.25, 0.3) is 0 Å². The number of amides is 2. The third-order valence-electron chi connectivity index (χ3n) is 4.55. The predicted octanol–water partition coefficient (Wildman–Crippen LogP) is 4.37. The second-order valence-corrected chi connectivity index (χ2v) is 8.47. The lowest BCUT2D eigenvalue weighted by atomic mass is 10.2. The van der Waals surface area contributed by atoms with Gasteiger partial charge in [0.1, 0.15) is 0 Å². The Morgan fingerprint density at radius 2 is 1.87 bits per heavy atom. The van der Waals surface area contributed by atoms with Crippen LogP contribution in [0.4, 0.5) is 5.69 Å². The van der Waals surface area contributed by atoms with Crippen molar-refractivity contribution in [2.75, 3.05) is 11.9 Å². The second-order valence-electron chi connectivity index (χ2n) is 6.79. The molecule has 0 aliphatic heterocycles. The molecule has 0 bridgehead atoms. The quantitative estimate of drug-likeness (QED) is 0.421. The molecular formula is C21H17Cl2N5O2S. The molecule has 2 aromatic heterocycles. The molecule has 0 unspecified atom stereocenters. The van der Waals surface area contributed by atoms with Crippen molar-refractivity contribution in [2.45, 2.75) is 13.3 Å². The Hall–Kier alpha value is -2.94. The Morgan fingerprint density at radius 1 is 1.10 bits per heavy atom. The van der Waals surface area contributed by atoms with Crippen LogP contribution in [0.25, 0.3) is 16.3 Å². The second kappa shape index (κ2) is 9.05. The molecule has 7 nitrogen and oxygen atoms in total. The highest BCUT2D eigenvalue weighted by Crippen LogP contribution is 2.22. The first-order valence-electron chi connectivity index (χ1n) is 9.35. The number of carbonyl (C=O) groups excluding carboxylic acids is 2. The summed E-state index contributed by atoms with van der Waals surface area (Å²) in [5.41, 5.74) is 3.11. The van der Waals surface area contributed by atoms with Gasteiger partial charge in [-0.05, 0) is 48.9 Å². The topological polar surface area (TPSA) is 88.4 Å². The van der Waals surface area contributed by atoms with Gasteiger partial charge in [-0.2, -0.15) is 4.98 Å². The number of rotatable bonds is 5. The fraction of sp³-hybridized carbons (Fsp3) is 0.143. The third kappa shape index (κ3) is 4.87. The van der Waals surface area contributed by atoms with Crippen LogP contribution >= 0.6 is 34.5 Å². The fourth-order valence-electron chi connectivity index (χ4n) is 2.86.